The molecule has 1 heterocycles. The fourth-order valence-corrected chi connectivity index (χ4v) is 2.64. The van der Waals surface area contributed by atoms with E-state index in [2.05, 4.69) is 5.32 Å². The highest BCUT2D eigenvalue weighted by Gasteiger charge is 2.22. The summed E-state index contributed by atoms with van der Waals surface area (Å²) in [6.45, 7) is -0.461. The summed E-state index contributed by atoms with van der Waals surface area (Å²) in [5, 5.41) is 5.90. The second-order valence-corrected chi connectivity index (χ2v) is 5.70. The van der Waals surface area contributed by atoms with Crippen molar-refractivity contribution in [1.29, 1.82) is 0 Å². The zero-order chi connectivity index (χ0) is 17.4. The number of rotatable bonds is 7. The predicted octanol–water partition coefficient (Wildman–Crippen LogP) is 1.81. The molecule has 126 valence electrons. The third-order valence-electron chi connectivity index (χ3n) is 3.19. The molecule has 0 aliphatic heterocycles. The van der Waals surface area contributed by atoms with Crippen molar-refractivity contribution in [3.05, 3.63) is 58.3 Å². The van der Waals surface area contributed by atoms with Gasteiger partial charge in [0.15, 0.2) is 6.61 Å². The first kappa shape index (κ1) is 17.7. The van der Waals surface area contributed by atoms with E-state index in [-0.39, 0.29) is 6.42 Å². The highest BCUT2D eigenvalue weighted by atomic mass is 32.1. The molecule has 24 heavy (non-hydrogen) atoms. The van der Waals surface area contributed by atoms with E-state index in [0.29, 0.717) is 5.56 Å². The number of methoxy groups -OCH3 is 1. The molecule has 0 fully saturated rings. The number of thiophene rings is 1. The van der Waals surface area contributed by atoms with Crippen molar-refractivity contribution in [3.63, 3.8) is 0 Å². The Labute approximate surface area is 143 Å². The molecule has 2 aromatic rings. The standard InChI is InChI=1S/C17H17NO5S/c1-22-17(21)14(9-12-5-3-2-4-6-12)18-15(19)10-23-16(20)13-7-8-24-11-13/h2-8,11,14H,9-10H2,1H3,(H,18,19). The molecule has 6 nitrogen and oxygen atoms in total. The average Bonchev–Trinajstić information content (AvgIpc) is 3.14. The van der Waals surface area contributed by atoms with Gasteiger partial charge in [0.2, 0.25) is 0 Å². The Bertz CT molecular complexity index is 684. The van der Waals surface area contributed by atoms with Gasteiger partial charge in [-0.1, -0.05) is 30.3 Å². The van der Waals surface area contributed by atoms with Crippen molar-refractivity contribution in [1.82, 2.24) is 5.32 Å². The van der Waals surface area contributed by atoms with E-state index in [0.717, 1.165) is 5.56 Å². The van der Waals surface area contributed by atoms with Gasteiger partial charge >= 0.3 is 11.9 Å². The highest BCUT2D eigenvalue weighted by Crippen LogP contribution is 2.08. The van der Waals surface area contributed by atoms with Crippen LogP contribution in [0.3, 0.4) is 0 Å². The van der Waals surface area contributed by atoms with Crippen LogP contribution in [0, 0.1) is 0 Å². The minimum Gasteiger partial charge on any atom is -0.467 e. The van der Waals surface area contributed by atoms with Crippen LogP contribution >= 0.6 is 11.3 Å². The summed E-state index contributed by atoms with van der Waals surface area (Å²) in [5.41, 5.74) is 1.27. The van der Waals surface area contributed by atoms with E-state index in [9.17, 15) is 14.4 Å². The normalized spacial score (nSPS) is 11.4. The Hall–Kier alpha value is -2.67. The summed E-state index contributed by atoms with van der Waals surface area (Å²) in [4.78, 5) is 35.5. The summed E-state index contributed by atoms with van der Waals surface area (Å²) in [7, 11) is 1.25. The minimum absolute atomic E-state index is 0.289. The molecule has 0 spiro atoms. The monoisotopic (exact) mass is 347 g/mol. The maximum absolute atomic E-state index is 11.9. The van der Waals surface area contributed by atoms with E-state index in [1.54, 1.807) is 16.8 Å². The van der Waals surface area contributed by atoms with Crippen LogP contribution in [0.2, 0.25) is 0 Å². The second kappa shape index (κ2) is 8.83. The Morgan fingerprint density at radius 3 is 2.54 bits per heavy atom. The highest BCUT2D eigenvalue weighted by molar-refractivity contribution is 7.08. The first-order valence-electron chi connectivity index (χ1n) is 7.20. The number of carbonyl (C=O) groups excluding carboxylic acids is 3. The van der Waals surface area contributed by atoms with Crippen LogP contribution in [-0.4, -0.2) is 37.6 Å². The molecule has 7 heteroatoms. The Morgan fingerprint density at radius 2 is 1.92 bits per heavy atom. The van der Waals surface area contributed by atoms with Gasteiger partial charge in [-0.15, -0.1) is 0 Å². The van der Waals surface area contributed by atoms with E-state index < -0.39 is 30.5 Å². The number of esters is 2. The molecule has 0 bridgehead atoms. The predicted molar refractivity (Wildman–Crippen MR) is 88.7 cm³/mol. The number of amides is 1. The van der Waals surface area contributed by atoms with Crippen molar-refractivity contribution in [3.8, 4) is 0 Å². The molecule has 1 aromatic heterocycles. The van der Waals surface area contributed by atoms with Crippen LogP contribution < -0.4 is 5.32 Å². The summed E-state index contributed by atoms with van der Waals surface area (Å²) in [6, 6.07) is 10.0. The van der Waals surface area contributed by atoms with Crippen LogP contribution in [0.25, 0.3) is 0 Å². The molecular weight excluding hydrogens is 330 g/mol. The fourth-order valence-electron chi connectivity index (χ4n) is 2.02. The molecule has 1 amide bonds. The maximum Gasteiger partial charge on any atom is 0.339 e. The van der Waals surface area contributed by atoms with E-state index >= 15 is 0 Å². The maximum atomic E-state index is 11.9. The van der Waals surface area contributed by atoms with Crippen LogP contribution in [0.5, 0.6) is 0 Å². The van der Waals surface area contributed by atoms with Gasteiger partial charge < -0.3 is 14.8 Å². The summed E-state index contributed by atoms with van der Waals surface area (Å²) < 4.78 is 9.63. The summed E-state index contributed by atoms with van der Waals surface area (Å²) in [5.74, 6) is -1.70. The lowest BCUT2D eigenvalue weighted by Gasteiger charge is -2.16. The van der Waals surface area contributed by atoms with Gasteiger partial charge in [-0.2, -0.15) is 11.3 Å². The number of ether oxygens (including phenoxy) is 2. The summed E-state index contributed by atoms with van der Waals surface area (Å²) >= 11 is 1.36. The first-order valence-corrected chi connectivity index (χ1v) is 8.15. The first-order chi connectivity index (χ1) is 11.6. The van der Waals surface area contributed by atoms with Crippen molar-refractivity contribution in [2.75, 3.05) is 13.7 Å². The third-order valence-corrected chi connectivity index (χ3v) is 3.88. The van der Waals surface area contributed by atoms with Crippen LogP contribution in [0.1, 0.15) is 15.9 Å². The lowest BCUT2D eigenvalue weighted by molar-refractivity contribution is -0.145. The quantitative estimate of drug-likeness (QED) is 0.773. The Kier molecular flexibility index (Phi) is 6.51. The lowest BCUT2D eigenvalue weighted by Crippen LogP contribution is -2.44. The molecular formula is C17H17NO5S. The molecule has 1 unspecified atom stereocenters. The molecule has 1 aromatic carbocycles. The van der Waals surface area contributed by atoms with Gasteiger partial charge in [0.25, 0.3) is 5.91 Å². The number of carbonyl (C=O) groups is 3. The number of benzene rings is 1. The van der Waals surface area contributed by atoms with Crippen LogP contribution in [-0.2, 0) is 25.5 Å². The van der Waals surface area contributed by atoms with Crippen molar-refractivity contribution in [2.24, 2.45) is 0 Å². The SMILES string of the molecule is COC(=O)C(Cc1ccccc1)NC(=O)COC(=O)c1ccsc1. The second-order valence-electron chi connectivity index (χ2n) is 4.92. The topological polar surface area (TPSA) is 81.7 Å². The number of hydrogen-bond acceptors (Lipinski definition) is 6. The fraction of sp³-hybridized carbons (Fsp3) is 0.235. The van der Waals surface area contributed by atoms with Gasteiger partial charge in [0, 0.05) is 11.8 Å². The zero-order valence-electron chi connectivity index (χ0n) is 13.1. The van der Waals surface area contributed by atoms with Crippen molar-refractivity contribution in [2.45, 2.75) is 12.5 Å². The van der Waals surface area contributed by atoms with Gasteiger partial charge in [-0.3, -0.25) is 4.79 Å². The van der Waals surface area contributed by atoms with Crippen molar-refractivity contribution >= 4 is 29.2 Å². The van der Waals surface area contributed by atoms with Crippen LogP contribution in [0.15, 0.2) is 47.2 Å². The molecule has 0 aliphatic rings. The van der Waals surface area contributed by atoms with E-state index in [1.807, 2.05) is 30.3 Å². The number of hydrogen-bond donors (Lipinski definition) is 1. The lowest BCUT2D eigenvalue weighted by atomic mass is 10.1. The van der Waals surface area contributed by atoms with Gasteiger partial charge in [0.05, 0.1) is 12.7 Å². The van der Waals surface area contributed by atoms with E-state index in [1.165, 1.54) is 18.4 Å². The Balaban J connectivity index is 1.89. The Morgan fingerprint density at radius 1 is 1.17 bits per heavy atom. The van der Waals surface area contributed by atoms with Gasteiger partial charge in [-0.05, 0) is 17.0 Å². The van der Waals surface area contributed by atoms with E-state index in [4.69, 9.17) is 9.47 Å². The van der Waals surface area contributed by atoms with Crippen LogP contribution in [0.4, 0.5) is 0 Å². The molecule has 0 radical (unpaired) electrons. The molecule has 0 saturated carbocycles. The third kappa shape index (κ3) is 5.20. The smallest absolute Gasteiger partial charge is 0.339 e. The largest absolute Gasteiger partial charge is 0.467 e. The van der Waals surface area contributed by atoms with Gasteiger partial charge in [-0.25, -0.2) is 9.59 Å². The van der Waals surface area contributed by atoms with Crippen molar-refractivity contribution < 1.29 is 23.9 Å². The number of nitrogens with one attached hydrogen (secondary N) is 1. The minimum atomic E-state index is -0.843. The molecule has 2 rings (SSSR count). The molecule has 0 saturated heterocycles. The molecule has 0 aliphatic carbocycles. The average molecular weight is 347 g/mol. The summed E-state index contributed by atoms with van der Waals surface area (Å²) in [6.07, 6.45) is 0.289. The molecule has 1 atom stereocenters. The molecule has 1 N–H and O–H groups in total. The van der Waals surface area contributed by atoms with Gasteiger partial charge in [0.1, 0.15) is 6.04 Å². The zero-order valence-corrected chi connectivity index (χ0v) is 13.9.